The van der Waals surface area contributed by atoms with Crippen molar-refractivity contribution in [3.05, 3.63) is 83.4 Å². The number of alkyl halides is 3. The Balaban J connectivity index is 1.70. The number of halogens is 3. The Bertz CT molecular complexity index is 978. The van der Waals surface area contributed by atoms with Crippen LogP contribution in [0.4, 0.5) is 13.2 Å². The minimum Gasteiger partial charge on any atom is -0.464 e. The predicted octanol–water partition coefficient (Wildman–Crippen LogP) is 4.74. The normalized spacial score (nSPS) is 18.1. The number of hydrogen-bond acceptors (Lipinski definition) is 4. The molecule has 7 heteroatoms. The van der Waals surface area contributed by atoms with Crippen LogP contribution in [0.3, 0.4) is 0 Å². The fourth-order valence-electron chi connectivity index (χ4n) is 3.17. The Morgan fingerprint density at radius 3 is 2.58 bits per heavy atom. The lowest BCUT2D eigenvalue weighted by atomic mass is 10.0. The number of nitrogens with zero attached hydrogens (tertiary/aromatic N) is 1. The van der Waals surface area contributed by atoms with Gasteiger partial charge in [0.25, 0.3) is 0 Å². The zero-order valence-corrected chi connectivity index (χ0v) is 13.5. The van der Waals surface area contributed by atoms with E-state index >= 15 is 0 Å². The lowest BCUT2D eigenvalue weighted by molar-refractivity contribution is -0.144. The number of nitrogens with two attached hydrogens (primary N) is 1. The Kier molecular flexibility index (Phi) is 3.88. The zero-order valence-electron chi connectivity index (χ0n) is 13.5. The highest BCUT2D eigenvalue weighted by Crippen LogP contribution is 2.38. The summed E-state index contributed by atoms with van der Waals surface area (Å²) >= 11 is 0. The maximum absolute atomic E-state index is 13.3. The molecule has 1 aliphatic rings. The summed E-state index contributed by atoms with van der Waals surface area (Å²) in [5, 5.41) is 2.29. The highest BCUT2D eigenvalue weighted by Gasteiger charge is 2.36. The highest BCUT2D eigenvalue weighted by molar-refractivity contribution is 5.81. The van der Waals surface area contributed by atoms with Gasteiger partial charge in [-0.2, -0.15) is 13.2 Å². The first-order valence-corrected chi connectivity index (χ1v) is 7.96. The second-order valence-corrected chi connectivity index (χ2v) is 6.02. The SMILES string of the molecule is NC1=CC(c2coc3ccccc23)N(Cc2ccccc2C(F)(F)F)O1. The Labute approximate surface area is 147 Å². The molecule has 2 heterocycles. The molecule has 4 rings (SSSR count). The lowest BCUT2D eigenvalue weighted by Crippen LogP contribution is -2.24. The van der Waals surface area contributed by atoms with Crippen molar-refractivity contribution in [3.8, 4) is 0 Å². The number of hydrogen-bond donors (Lipinski definition) is 1. The van der Waals surface area contributed by atoms with Gasteiger partial charge in [0.05, 0.1) is 24.4 Å². The molecule has 2 N–H and O–H groups in total. The number of para-hydroxylation sites is 1. The summed E-state index contributed by atoms with van der Waals surface area (Å²) in [7, 11) is 0. The molecule has 0 radical (unpaired) electrons. The van der Waals surface area contributed by atoms with Crippen LogP contribution in [0.1, 0.15) is 22.7 Å². The molecule has 0 aliphatic carbocycles. The number of rotatable bonds is 3. The second kappa shape index (κ2) is 6.10. The van der Waals surface area contributed by atoms with Crippen molar-refractivity contribution in [2.45, 2.75) is 18.8 Å². The van der Waals surface area contributed by atoms with E-state index < -0.39 is 17.8 Å². The molecular weight excluding hydrogens is 345 g/mol. The van der Waals surface area contributed by atoms with Crippen LogP contribution in [0, 0.1) is 0 Å². The molecule has 3 aromatic rings. The van der Waals surface area contributed by atoms with E-state index in [4.69, 9.17) is 15.0 Å². The summed E-state index contributed by atoms with van der Waals surface area (Å²) in [6, 6.07) is 12.4. The monoisotopic (exact) mass is 360 g/mol. The average Bonchev–Trinajstić information content (AvgIpc) is 3.17. The fraction of sp³-hybridized carbons (Fsp3) is 0.158. The van der Waals surface area contributed by atoms with Crippen molar-refractivity contribution in [1.29, 1.82) is 0 Å². The quantitative estimate of drug-likeness (QED) is 0.733. The third kappa shape index (κ3) is 2.90. The third-order valence-electron chi connectivity index (χ3n) is 4.33. The van der Waals surface area contributed by atoms with Gasteiger partial charge < -0.3 is 15.0 Å². The van der Waals surface area contributed by atoms with Gasteiger partial charge >= 0.3 is 6.18 Å². The highest BCUT2D eigenvalue weighted by atomic mass is 19.4. The van der Waals surface area contributed by atoms with Gasteiger partial charge in [0, 0.05) is 17.0 Å². The molecule has 0 amide bonds. The van der Waals surface area contributed by atoms with Crippen molar-refractivity contribution in [3.63, 3.8) is 0 Å². The molecule has 0 spiro atoms. The number of fused-ring (bicyclic) bond motifs is 1. The van der Waals surface area contributed by atoms with E-state index in [1.165, 1.54) is 17.2 Å². The lowest BCUT2D eigenvalue weighted by Gasteiger charge is -2.23. The molecule has 1 aliphatic heterocycles. The van der Waals surface area contributed by atoms with E-state index in [0.29, 0.717) is 5.58 Å². The van der Waals surface area contributed by atoms with E-state index in [-0.39, 0.29) is 18.0 Å². The minimum absolute atomic E-state index is 0.0724. The summed E-state index contributed by atoms with van der Waals surface area (Å²) < 4.78 is 45.3. The van der Waals surface area contributed by atoms with E-state index in [1.54, 1.807) is 18.4 Å². The van der Waals surface area contributed by atoms with Gasteiger partial charge in [0.15, 0.2) is 0 Å². The topological polar surface area (TPSA) is 51.6 Å². The van der Waals surface area contributed by atoms with Crippen LogP contribution in [0.25, 0.3) is 11.0 Å². The van der Waals surface area contributed by atoms with Crippen LogP contribution in [0.2, 0.25) is 0 Å². The van der Waals surface area contributed by atoms with Crippen LogP contribution < -0.4 is 5.73 Å². The van der Waals surface area contributed by atoms with E-state index in [2.05, 4.69) is 0 Å². The largest absolute Gasteiger partial charge is 0.464 e. The van der Waals surface area contributed by atoms with Gasteiger partial charge in [-0.05, 0) is 17.7 Å². The van der Waals surface area contributed by atoms with Gasteiger partial charge in [-0.1, -0.05) is 36.4 Å². The van der Waals surface area contributed by atoms with Crippen LogP contribution in [0.15, 0.2) is 71.2 Å². The molecule has 0 fully saturated rings. The number of benzene rings is 2. The molecule has 26 heavy (non-hydrogen) atoms. The molecule has 1 atom stereocenters. The van der Waals surface area contributed by atoms with Gasteiger partial charge in [-0.15, -0.1) is 5.06 Å². The molecule has 1 unspecified atom stereocenters. The molecule has 0 saturated carbocycles. The van der Waals surface area contributed by atoms with Crippen molar-refractivity contribution < 1.29 is 22.4 Å². The second-order valence-electron chi connectivity index (χ2n) is 6.02. The maximum atomic E-state index is 13.3. The first kappa shape index (κ1) is 16.5. The van der Waals surface area contributed by atoms with E-state index in [1.807, 2.05) is 24.3 Å². The Morgan fingerprint density at radius 1 is 1.04 bits per heavy atom. The summed E-state index contributed by atoms with van der Waals surface area (Å²) in [4.78, 5) is 5.48. The molecule has 4 nitrogen and oxygen atoms in total. The fourth-order valence-corrected chi connectivity index (χ4v) is 3.17. The van der Waals surface area contributed by atoms with Gasteiger partial charge in [-0.3, -0.25) is 0 Å². The maximum Gasteiger partial charge on any atom is 0.416 e. The van der Waals surface area contributed by atoms with E-state index in [9.17, 15) is 13.2 Å². The third-order valence-corrected chi connectivity index (χ3v) is 4.33. The average molecular weight is 360 g/mol. The Hall–Kier alpha value is -2.93. The summed E-state index contributed by atoms with van der Waals surface area (Å²) in [6.45, 7) is -0.0724. The molecule has 134 valence electrons. The van der Waals surface area contributed by atoms with Crippen molar-refractivity contribution >= 4 is 11.0 Å². The predicted molar refractivity (Wildman–Crippen MR) is 89.3 cm³/mol. The zero-order chi connectivity index (χ0) is 18.3. The molecule has 2 aromatic carbocycles. The molecular formula is C19H15F3N2O2. The number of hydroxylamine groups is 2. The minimum atomic E-state index is -4.44. The summed E-state index contributed by atoms with van der Waals surface area (Å²) in [6.07, 6.45) is -1.20. The first-order valence-electron chi connectivity index (χ1n) is 7.96. The summed E-state index contributed by atoms with van der Waals surface area (Å²) in [5.41, 5.74) is 6.68. The van der Waals surface area contributed by atoms with Crippen LogP contribution in [-0.4, -0.2) is 5.06 Å². The first-order chi connectivity index (χ1) is 12.4. The molecule has 0 bridgehead atoms. The van der Waals surface area contributed by atoms with Crippen molar-refractivity contribution in [2.75, 3.05) is 0 Å². The smallest absolute Gasteiger partial charge is 0.416 e. The molecule has 1 aromatic heterocycles. The van der Waals surface area contributed by atoms with Crippen LogP contribution in [0.5, 0.6) is 0 Å². The Morgan fingerprint density at radius 2 is 1.77 bits per heavy atom. The summed E-state index contributed by atoms with van der Waals surface area (Å²) in [5.74, 6) is 0.143. The standard InChI is InChI=1S/C19H15F3N2O2/c20-19(21,22)15-7-3-1-5-12(15)10-24-16(9-18(23)26-24)14-11-25-17-8-4-2-6-13(14)17/h1-9,11,16H,10,23H2. The van der Waals surface area contributed by atoms with Crippen LogP contribution in [-0.2, 0) is 17.6 Å². The van der Waals surface area contributed by atoms with Crippen molar-refractivity contribution in [1.82, 2.24) is 5.06 Å². The van der Waals surface area contributed by atoms with Crippen LogP contribution >= 0.6 is 0 Å². The van der Waals surface area contributed by atoms with Gasteiger partial charge in [0.2, 0.25) is 5.88 Å². The van der Waals surface area contributed by atoms with Gasteiger partial charge in [0.1, 0.15) is 5.58 Å². The van der Waals surface area contributed by atoms with E-state index in [0.717, 1.165) is 17.0 Å². The molecule has 0 saturated heterocycles. The van der Waals surface area contributed by atoms with Gasteiger partial charge in [-0.25, -0.2) is 0 Å². The number of furan rings is 1. The van der Waals surface area contributed by atoms with Crippen molar-refractivity contribution in [2.24, 2.45) is 5.73 Å².